The highest BCUT2D eigenvalue weighted by molar-refractivity contribution is 6.62. The highest BCUT2D eigenvalue weighted by Crippen LogP contribution is 2.50. The van der Waals surface area contributed by atoms with Crippen molar-refractivity contribution in [3.63, 3.8) is 0 Å². The van der Waals surface area contributed by atoms with Crippen LogP contribution >= 0.6 is 0 Å². The number of likely N-dealkylation sites (tertiary alicyclic amines) is 1. The SMILES string of the molecule is CC1(C)OB(c2ccc3c(c2)N([C@H]2C[C@@H](N4CC[C@H](F)C4)C2)C(=O)C32CCNCC2)OC1(C)C. The lowest BCUT2D eigenvalue weighted by molar-refractivity contribution is -0.125. The van der Waals surface area contributed by atoms with Crippen molar-refractivity contribution >= 4 is 24.2 Å². The number of carbonyl (C=O) groups is 1. The van der Waals surface area contributed by atoms with E-state index in [4.69, 9.17) is 9.31 Å². The molecule has 1 atom stereocenters. The molecular weight excluding hydrogens is 432 g/mol. The number of fused-ring (bicyclic) bond motifs is 2. The third-order valence-corrected chi connectivity index (χ3v) is 9.54. The normalized spacial score (nSPS) is 34.0. The van der Waals surface area contributed by atoms with Crippen LogP contribution in [0.3, 0.4) is 0 Å². The molecule has 4 aliphatic heterocycles. The number of rotatable bonds is 3. The molecule has 1 aromatic carbocycles. The Hall–Kier alpha value is -1.48. The van der Waals surface area contributed by atoms with E-state index in [0.29, 0.717) is 19.0 Å². The Morgan fingerprint density at radius 1 is 1.06 bits per heavy atom. The third kappa shape index (κ3) is 3.32. The van der Waals surface area contributed by atoms with Crippen LogP contribution in [-0.2, 0) is 19.5 Å². The Morgan fingerprint density at radius 2 is 1.74 bits per heavy atom. The van der Waals surface area contributed by atoms with Gasteiger partial charge in [-0.1, -0.05) is 12.1 Å². The molecule has 1 aliphatic carbocycles. The molecule has 8 heteroatoms. The fourth-order valence-electron chi connectivity index (χ4n) is 6.58. The van der Waals surface area contributed by atoms with Gasteiger partial charge in [0.2, 0.25) is 5.91 Å². The molecular formula is C26H37BFN3O3. The van der Waals surface area contributed by atoms with Crippen LogP contribution in [0.25, 0.3) is 0 Å². The minimum absolute atomic E-state index is 0.178. The summed E-state index contributed by atoms with van der Waals surface area (Å²) in [5, 5.41) is 3.43. The average Bonchev–Trinajstić information content (AvgIpc) is 3.35. The van der Waals surface area contributed by atoms with Crippen molar-refractivity contribution in [2.24, 2.45) is 0 Å². The van der Waals surface area contributed by atoms with Gasteiger partial charge in [0.1, 0.15) is 6.17 Å². The van der Waals surface area contributed by atoms with Gasteiger partial charge in [0.15, 0.2) is 0 Å². The van der Waals surface area contributed by atoms with E-state index < -0.39 is 29.9 Å². The van der Waals surface area contributed by atoms with E-state index in [1.165, 1.54) is 0 Å². The van der Waals surface area contributed by atoms with Crippen LogP contribution < -0.4 is 15.7 Å². The topological polar surface area (TPSA) is 54.0 Å². The molecule has 1 saturated carbocycles. The first kappa shape index (κ1) is 23.0. The summed E-state index contributed by atoms with van der Waals surface area (Å²) in [6.07, 6.45) is 3.45. The Labute approximate surface area is 202 Å². The molecule has 1 amide bonds. The highest BCUT2D eigenvalue weighted by Gasteiger charge is 2.56. The molecule has 4 heterocycles. The van der Waals surface area contributed by atoms with E-state index in [2.05, 4.69) is 61.0 Å². The summed E-state index contributed by atoms with van der Waals surface area (Å²) in [5.41, 5.74) is 1.91. The number of anilines is 1. The molecule has 3 saturated heterocycles. The van der Waals surface area contributed by atoms with Crippen molar-refractivity contribution in [3.8, 4) is 0 Å². The van der Waals surface area contributed by atoms with Crippen LogP contribution in [-0.4, -0.2) is 73.6 Å². The van der Waals surface area contributed by atoms with Gasteiger partial charge in [0.05, 0.1) is 16.6 Å². The number of piperidine rings is 1. The second-order valence-electron chi connectivity index (χ2n) is 12.0. The largest absolute Gasteiger partial charge is 0.494 e. The summed E-state index contributed by atoms with van der Waals surface area (Å²) < 4.78 is 26.4. The number of carbonyl (C=O) groups excluding carboxylic acids is 1. The quantitative estimate of drug-likeness (QED) is 0.690. The first-order chi connectivity index (χ1) is 16.1. The summed E-state index contributed by atoms with van der Waals surface area (Å²) in [4.78, 5) is 18.4. The van der Waals surface area contributed by atoms with Crippen molar-refractivity contribution in [2.45, 2.75) is 94.7 Å². The number of halogens is 1. The predicted octanol–water partition coefficient (Wildman–Crippen LogP) is 2.53. The fraction of sp³-hybridized carbons (Fsp3) is 0.731. The molecule has 6 rings (SSSR count). The summed E-state index contributed by atoms with van der Waals surface area (Å²) >= 11 is 0. The first-order valence-electron chi connectivity index (χ1n) is 13.0. The van der Waals surface area contributed by atoms with Crippen LogP contribution in [0.1, 0.15) is 65.4 Å². The van der Waals surface area contributed by atoms with E-state index in [0.717, 1.165) is 62.0 Å². The number of benzene rings is 1. The molecule has 5 aliphatic rings. The van der Waals surface area contributed by atoms with E-state index in [9.17, 15) is 9.18 Å². The van der Waals surface area contributed by atoms with Gasteiger partial charge in [0, 0.05) is 30.9 Å². The number of nitrogens with zero attached hydrogens (tertiary/aromatic N) is 2. The summed E-state index contributed by atoms with van der Waals surface area (Å²) in [6.45, 7) is 11.4. The van der Waals surface area contributed by atoms with E-state index in [-0.39, 0.29) is 11.9 Å². The second-order valence-corrected chi connectivity index (χ2v) is 12.0. The zero-order valence-corrected chi connectivity index (χ0v) is 20.9. The monoisotopic (exact) mass is 469 g/mol. The fourth-order valence-corrected chi connectivity index (χ4v) is 6.58. The van der Waals surface area contributed by atoms with Crippen LogP contribution in [0.15, 0.2) is 18.2 Å². The number of amides is 1. The summed E-state index contributed by atoms with van der Waals surface area (Å²) in [5.74, 6) is 0.253. The minimum Gasteiger partial charge on any atom is -0.399 e. The van der Waals surface area contributed by atoms with Gasteiger partial charge < -0.3 is 19.5 Å². The molecule has 0 radical (unpaired) electrons. The summed E-state index contributed by atoms with van der Waals surface area (Å²) in [7, 11) is -0.447. The van der Waals surface area contributed by atoms with E-state index in [1.54, 1.807) is 0 Å². The number of nitrogens with one attached hydrogen (secondary N) is 1. The van der Waals surface area contributed by atoms with Crippen LogP contribution in [0.2, 0.25) is 0 Å². The van der Waals surface area contributed by atoms with Crippen molar-refractivity contribution in [1.82, 2.24) is 10.2 Å². The average molecular weight is 469 g/mol. The van der Waals surface area contributed by atoms with Crippen LogP contribution in [0, 0.1) is 0 Å². The van der Waals surface area contributed by atoms with Crippen LogP contribution in [0.5, 0.6) is 0 Å². The zero-order valence-electron chi connectivity index (χ0n) is 20.9. The summed E-state index contributed by atoms with van der Waals surface area (Å²) in [6, 6.07) is 6.96. The minimum atomic E-state index is -0.700. The van der Waals surface area contributed by atoms with E-state index >= 15 is 0 Å². The molecule has 6 nitrogen and oxygen atoms in total. The molecule has 0 unspecified atom stereocenters. The van der Waals surface area contributed by atoms with Gasteiger partial charge in [-0.15, -0.1) is 0 Å². The molecule has 4 fully saturated rings. The number of hydrogen-bond donors (Lipinski definition) is 1. The van der Waals surface area contributed by atoms with Gasteiger partial charge >= 0.3 is 7.12 Å². The van der Waals surface area contributed by atoms with Gasteiger partial charge in [-0.3, -0.25) is 9.69 Å². The maximum atomic E-state index is 14.1. The van der Waals surface area contributed by atoms with Gasteiger partial charge in [-0.05, 0) is 90.0 Å². The maximum absolute atomic E-state index is 14.1. The number of alkyl halides is 1. The first-order valence-corrected chi connectivity index (χ1v) is 13.0. The Balaban J connectivity index is 1.31. The van der Waals surface area contributed by atoms with Crippen molar-refractivity contribution in [1.29, 1.82) is 0 Å². The second kappa shape index (κ2) is 7.76. The molecule has 34 heavy (non-hydrogen) atoms. The Bertz CT molecular complexity index is 974. The molecule has 1 aromatic rings. The number of hydrogen-bond acceptors (Lipinski definition) is 5. The third-order valence-electron chi connectivity index (χ3n) is 9.54. The van der Waals surface area contributed by atoms with Crippen molar-refractivity contribution in [2.75, 3.05) is 31.1 Å². The maximum Gasteiger partial charge on any atom is 0.494 e. The lowest BCUT2D eigenvalue weighted by Gasteiger charge is -2.46. The molecule has 0 bridgehead atoms. The molecule has 1 N–H and O–H groups in total. The highest BCUT2D eigenvalue weighted by atomic mass is 19.1. The van der Waals surface area contributed by atoms with Crippen LogP contribution in [0.4, 0.5) is 10.1 Å². The lowest BCUT2D eigenvalue weighted by Crippen LogP contribution is -2.57. The molecule has 0 aromatic heterocycles. The Morgan fingerprint density at radius 3 is 2.35 bits per heavy atom. The lowest BCUT2D eigenvalue weighted by atomic mass is 9.72. The predicted molar refractivity (Wildman–Crippen MR) is 131 cm³/mol. The smallest absolute Gasteiger partial charge is 0.399 e. The van der Waals surface area contributed by atoms with E-state index in [1.807, 2.05) is 0 Å². The zero-order chi connectivity index (χ0) is 23.9. The Kier molecular flexibility index (Phi) is 5.24. The van der Waals surface area contributed by atoms with Crippen molar-refractivity contribution < 1.29 is 18.5 Å². The molecule has 1 spiro atoms. The van der Waals surface area contributed by atoms with Gasteiger partial charge in [-0.25, -0.2) is 4.39 Å². The van der Waals surface area contributed by atoms with Gasteiger partial charge in [0.25, 0.3) is 0 Å². The van der Waals surface area contributed by atoms with Gasteiger partial charge in [-0.2, -0.15) is 0 Å². The standard InChI is InChI=1S/C26H37BFN3O3/c1-24(2)25(3,4)34-27(33-24)17-5-6-21-22(13-17)31(23(32)26(21)8-10-29-11-9-26)20-14-19(15-20)30-12-7-18(28)16-30/h5-6,13,18-20,29H,7-12,14-16H2,1-4H3/t18-,19-,20+/m0/s1. The van der Waals surface area contributed by atoms with Crippen molar-refractivity contribution in [3.05, 3.63) is 23.8 Å². The molecule has 184 valence electrons.